The number of rotatable bonds is 4. The molecule has 0 heterocycles. The molecule has 0 saturated carbocycles. The van der Waals surface area contributed by atoms with Crippen molar-refractivity contribution in [1.82, 2.24) is 0 Å². The second-order valence-corrected chi connectivity index (χ2v) is 11.4. The number of halogens is 12. The third kappa shape index (κ3) is 8.22. The Balaban J connectivity index is 0.000000240. The fourth-order valence-corrected chi connectivity index (χ4v) is 5.41. The van der Waals surface area contributed by atoms with E-state index in [4.69, 9.17) is 0 Å². The standard InChI is InChI=1S/2C18H8F6O3.Mn/c2*19-17(20,21)9-5-8(6-10(7-9)18(22,23)24)14(25)13-15(26)11-3-1-2-4-12(11)16(13)27;/h2*1-7,26H;. The maximum atomic E-state index is 12.9. The molecule has 2 aliphatic rings. The number of allylic oxidation sites excluding steroid dienone is 2. The molecule has 55 heavy (non-hydrogen) atoms. The number of Topliss-reactive ketones (excluding diaryl/α,β-unsaturated/α-hetero) is 4. The van der Waals surface area contributed by atoms with Crippen LogP contribution in [0.3, 0.4) is 0 Å². The van der Waals surface area contributed by atoms with Crippen molar-refractivity contribution in [2.75, 3.05) is 0 Å². The molecular formula is C36H16F12MnO6. The van der Waals surface area contributed by atoms with Crippen molar-refractivity contribution in [3.63, 3.8) is 0 Å². The van der Waals surface area contributed by atoms with Crippen molar-refractivity contribution in [3.8, 4) is 0 Å². The van der Waals surface area contributed by atoms with Gasteiger partial charge < -0.3 is 10.2 Å². The van der Waals surface area contributed by atoms with Gasteiger partial charge in [0.1, 0.15) is 22.7 Å². The first-order valence-electron chi connectivity index (χ1n) is 14.7. The first-order chi connectivity index (χ1) is 24.8. The molecule has 0 aliphatic heterocycles. The summed E-state index contributed by atoms with van der Waals surface area (Å²) in [5.41, 5.74) is -10.7. The molecule has 2 N–H and O–H groups in total. The van der Waals surface area contributed by atoms with E-state index in [0.29, 0.717) is 0 Å². The first kappa shape index (κ1) is 42.1. The van der Waals surface area contributed by atoms with Crippen LogP contribution >= 0.6 is 0 Å². The molecule has 6 rings (SSSR count). The van der Waals surface area contributed by atoms with E-state index in [1.807, 2.05) is 0 Å². The van der Waals surface area contributed by atoms with Gasteiger partial charge in [0.05, 0.1) is 22.3 Å². The molecule has 0 saturated heterocycles. The average molecular weight is 827 g/mol. The van der Waals surface area contributed by atoms with Gasteiger partial charge in [0, 0.05) is 50.4 Å². The monoisotopic (exact) mass is 827 g/mol. The molecule has 287 valence electrons. The van der Waals surface area contributed by atoms with Gasteiger partial charge in [0.15, 0.2) is 0 Å². The molecule has 0 unspecified atom stereocenters. The molecule has 2 aliphatic carbocycles. The van der Waals surface area contributed by atoms with Crippen LogP contribution in [-0.2, 0) is 41.8 Å². The van der Waals surface area contributed by atoms with Crippen molar-refractivity contribution < 1.29 is 99.1 Å². The minimum Gasteiger partial charge on any atom is -0.506 e. The van der Waals surface area contributed by atoms with Crippen LogP contribution in [0.1, 0.15) is 74.8 Å². The molecule has 0 bridgehead atoms. The summed E-state index contributed by atoms with van der Waals surface area (Å²) in [4.78, 5) is 49.6. The van der Waals surface area contributed by atoms with E-state index in [9.17, 15) is 82.1 Å². The Morgan fingerprint density at radius 1 is 0.418 bits per heavy atom. The smallest absolute Gasteiger partial charge is 0.416 e. The maximum absolute atomic E-state index is 12.9. The number of carbonyl (C=O) groups is 4. The molecule has 6 nitrogen and oxygen atoms in total. The van der Waals surface area contributed by atoms with Gasteiger partial charge >= 0.3 is 24.7 Å². The van der Waals surface area contributed by atoms with Gasteiger partial charge in [0.25, 0.3) is 0 Å². The molecule has 0 fully saturated rings. The van der Waals surface area contributed by atoms with Crippen LogP contribution < -0.4 is 0 Å². The molecule has 19 heteroatoms. The number of aliphatic hydroxyl groups is 2. The second kappa shape index (κ2) is 14.5. The van der Waals surface area contributed by atoms with Crippen molar-refractivity contribution in [2.45, 2.75) is 24.7 Å². The number of aliphatic hydroxyl groups excluding tert-OH is 2. The van der Waals surface area contributed by atoms with Gasteiger partial charge in [-0.05, 0) is 36.4 Å². The molecular weight excluding hydrogens is 811 g/mol. The van der Waals surface area contributed by atoms with Crippen LogP contribution in [0.2, 0.25) is 0 Å². The fraction of sp³-hybridized carbons (Fsp3) is 0.111. The zero-order chi connectivity index (χ0) is 40.3. The number of alkyl halides is 12. The Bertz CT molecular complexity index is 2100. The van der Waals surface area contributed by atoms with E-state index >= 15 is 0 Å². The summed E-state index contributed by atoms with van der Waals surface area (Å²) in [5, 5.41) is 20.2. The van der Waals surface area contributed by atoms with Gasteiger partial charge in [-0.1, -0.05) is 48.5 Å². The van der Waals surface area contributed by atoms with E-state index in [2.05, 4.69) is 0 Å². The minimum absolute atomic E-state index is 0. The second-order valence-electron chi connectivity index (χ2n) is 11.4. The van der Waals surface area contributed by atoms with Crippen LogP contribution in [0.4, 0.5) is 52.7 Å². The Labute approximate surface area is 309 Å². The molecule has 0 spiro atoms. The Morgan fingerprint density at radius 3 is 0.873 bits per heavy atom. The van der Waals surface area contributed by atoms with E-state index in [1.54, 1.807) is 0 Å². The van der Waals surface area contributed by atoms with Crippen molar-refractivity contribution in [1.29, 1.82) is 0 Å². The molecule has 1 radical (unpaired) electrons. The summed E-state index contributed by atoms with van der Waals surface area (Å²) >= 11 is 0. The third-order valence-electron chi connectivity index (χ3n) is 7.94. The summed E-state index contributed by atoms with van der Waals surface area (Å²) in [6.45, 7) is 0. The van der Waals surface area contributed by atoms with Crippen molar-refractivity contribution >= 4 is 34.7 Å². The summed E-state index contributed by atoms with van der Waals surface area (Å²) in [6.07, 6.45) is -20.6. The average Bonchev–Trinajstić information content (AvgIpc) is 3.50. The SMILES string of the molecule is O=C(C1=C(O)c2ccccc2C1=O)c1cc(C(F)(F)F)cc(C(F)(F)F)c1.O=C(C1=C(O)c2ccccc2C1=O)c1cc(C(F)(F)F)cc(C(F)(F)F)c1.[Mn]. The molecule has 0 atom stereocenters. The Morgan fingerprint density at radius 2 is 0.655 bits per heavy atom. The van der Waals surface area contributed by atoms with Crippen LogP contribution in [0.25, 0.3) is 11.5 Å². The minimum atomic E-state index is -5.14. The van der Waals surface area contributed by atoms with Crippen molar-refractivity contribution in [3.05, 3.63) is 152 Å². The third-order valence-corrected chi connectivity index (χ3v) is 7.94. The number of ketones is 4. The number of fused-ring (bicyclic) bond motifs is 2. The number of hydrogen-bond donors (Lipinski definition) is 2. The van der Waals surface area contributed by atoms with Gasteiger partial charge in [0.2, 0.25) is 23.1 Å². The van der Waals surface area contributed by atoms with E-state index in [0.717, 1.165) is 0 Å². The number of carbonyl (C=O) groups excluding carboxylic acids is 4. The molecule has 0 amide bonds. The van der Waals surface area contributed by atoms with Crippen LogP contribution in [0.15, 0.2) is 96.1 Å². The van der Waals surface area contributed by atoms with Gasteiger partial charge in [-0.15, -0.1) is 0 Å². The number of hydrogen-bond acceptors (Lipinski definition) is 6. The Kier molecular flexibility index (Phi) is 11.1. The molecule has 0 aromatic heterocycles. The normalized spacial score (nSPS) is 14.3. The predicted octanol–water partition coefficient (Wildman–Crippen LogP) is 10.1. The first-order valence-corrected chi connectivity index (χ1v) is 14.7. The van der Waals surface area contributed by atoms with Crippen molar-refractivity contribution in [2.24, 2.45) is 0 Å². The largest absolute Gasteiger partial charge is 0.506 e. The van der Waals surface area contributed by atoms with E-state index < -0.39 is 104 Å². The van der Waals surface area contributed by atoms with E-state index in [-0.39, 0.29) is 75.7 Å². The summed E-state index contributed by atoms with van der Waals surface area (Å²) in [6, 6.07) is 11.5. The summed E-state index contributed by atoms with van der Waals surface area (Å²) in [7, 11) is 0. The van der Waals surface area contributed by atoms with Crippen LogP contribution in [0.5, 0.6) is 0 Å². The Hall–Kier alpha value is -5.68. The van der Waals surface area contributed by atoms with Crippen LogP contribution in [0, 0.1) is 0 Å². The fourth-order valence-electron chi connectivity index (χ4n) is 5.41. The van der Waals surface area contributed by atoms with Gasteiger partial charge in [-0.3, -0.25) is 19.2 Å². The number of benzene rings is 4. The zero-order valence-electron chi connectivity index (χ0n) is 26.5. The van der Waals surface area contributed by atoms with E-state index in [1.165, 1.54) is 48.5 Å². The summed E-state index contributed by atoms with van der Waals surface area (Å²) < 4.78 is 155. The molecule has 4 aromatic carbocycles. The maximum Gasteiger partial charge on any atom is 0.416 e. The zero-order valence-corrected chi connectivity index (χ0v) is 27.7. The quantitative estimate of drug-likeness (QED) is 0.0918. The molecule has 4 aromatic rings. The van der Waals surface area contributed by atoms with Gasteiger partial charge in [-0.2, -0.15) is 52.7 Å². The topological polar surface area (TPSA) is 109 Å². The van der Waals surface area contributed by atoms with Crippen LogP contribution in [-0.4, -0.2) is 33.3 Å². The predicted molar refractivity (Wildman–Crippen MR) is 162 cm³/mol. The summed E-state index contributed by atoms with van der Waals surface area (Å²) in [5.74, 6) is -6.37. The van der Waals surface area contributed by atoms with Gasteiger partial charge in [-0.25, -0.2) is 0 Å².